The Hall–Kier alpha value is -0.0800. The maximum atomic E-state index is 3.66. The molecule has 0 aromatic heterocycles. The molecule has 1 N–H and O–H groups in total. The topological polar surface area (TPSA) is 15.3 Å². The normalized spacial score (nSPS) is 21.5. The van der Waals surface area contributed by atoms with Crippen LogP contribution in [0.25, 0.3) is 0 Å². The average molecular weight is 268 g/mol. The maximum absolute atomic E-state index is 3.66. The summed E-state index contributed by atoms with van der Waals surface area (Å²) in [7, 11) is 0. The number of nitrogens with one attached hydrogen (secondary N) is 1. The molecule has 1 heterocycles. The highest BCUT2D eigenvalue weighted by Crippen LogP contribution is 2.33. The lowest BCUT2D eigenvalue weighted by Gasteiger charge is -2.39. The second-order valence-corrected chi connectivity index (χ2v) is 6.71. The molecule has 0 aliphatic carbocycles. The molecule has 2 nitrogen and oxygen atoms in total. The molecular weight excluding hydrogens is 232 g/mol. The maximum Gasteiger partial charge on any atom is 0.00649 e. The van der Waals surface area contributed by atoms with Crippen LogP contribution < -0.4 is 5.32 Å². The Kier molecular flexibility index (Phi) is 8.01. The Labute approximate surface area is 121 Å². The molecule has 1 rings (SSSR count). The minimum atomic E-state index is 0.630. The van der Waals surface area contributed by atoms with Crippen LogP contribution in [0.4, 0.5) is 0 Å². The van der Waals surface area contributed by atoms with Gasteiger partial charge in [0.15, 0.2) is 0 Å². The second kappa shape index (κ2) is 8.97. The number of nitrogens with zero attached hydrogens (tertiary/aromatic N) is 1. The van der Waals surface area contributed by atoms with Crippen LogP contribution in [0.2, 0.25) is 0 Å². The van der Waals surface area contributed by atoms with Crippen LogP contribution in [0.1, 0.15) is 72.6 Å². The zero-order valence-corrected chi connectivity index (χ0v) is 13.8. The molecule has 1 unspecified atom stereocenters. The van der Waals surface area contributed by atoms with E-state index in [9.17, 15) is 0 Å². The molecule has 0 spiro atoms. The van der Waals surface area contributed by atoms with Crippen LogP contribution in [-0.2, 0) is 0 Å². The molecule has 114 valence electrons. The fourth-order valence-electron chi connectivity index (χ4n) is 3.03. The lowest BCUT2D eigenvalue weighted by atomic mass is 9.78. The SMILES string of the molecule is CCCNC(CC)CCCN1CCC(C)(CC)CC1. The third-order valence-corrected chi connectivity index (χ3v) is 5.12. The first-order valence-corrected chi connectivity index (χ1v) is 8.59. The van der Waals surface area contributed by atoms with E-state index in [1.165, 1.54) is 71.1 Å². The van der Waals surface area contributed by atoms with Crippen molar-refractivity contribution >= 4 is 0 Å². The third-order valence-electron chi connectivity index (χ3n) is 5.12. The summed E-state index contributed by atoms with van der Waals surface area (Å²) < 4.78 is 0. The van der Waals surface area contributed by atoms with E-state index in [1.54, 1.807) is 0 Å². The first-order chi connectivity index (χ1) is 9.13. The van der Waals surface area contributed by atoms with Gasteiger partial charge in [0.1, 0.15) is 0 Å². The molecule has 1 atom stereocenters. The number of likely N-dealkylation sites (tertiary alicyclic amines) is 1. The summed E-state index contributed by atoms with van der Waals surface area (Å²) in [6.45, 7) is 14.5. The molecule has 0 aromatic rings. The Morgan fingerprint density at radius 1 is 1.16 bits per heavy atom. The van der Waals surface area contributed by atoms with E-state index in [1.807, 2.05) is 0 Å². The predicted octanol–water partition coefficient (Wildman–Crippen LogP) is 4.06. The molecule has 2 heteroatoms. The van der Waals surface area contributed by atoms with Crippen molar-refractivity contribution in [1.82, 2.24) is 10.2 Å². The third kappa shape index (κ3) is 6.27. The van der Waals surface area contributed by atoms with Gasteiger partial charge in [0.25, 0.3) is 0 Å². The van der Waals surface area contributed by atoms with Crippen molar-refractivity contribution in [2.24, 2.45) is 5.41 Å². The summed E-state index contributed by atoms with van der Waals surface area (Å²) in [6, 6.07) is 0.741. The van der Waals surface area contributed by atoms with Crippen LogP contribution in [0.3, 0.4) is 0 Å². The van der Waals surface area contributed by atoms with Crippen molar-refractivity contribution in [3.05, 3.63) is 0 Å². The smallest absolute Gasteiger partial charge is 0.00649 e. The van der Waals surface area contributed by atoms with E-state index < -0.39 is 0 Å². The highest BCUT2D eigenvalue weighted by Gasteiger charge is 2.27. The Bertz CT molecular complexity index is 219. The van der Waals surface area contributed by atoms with Gasteiger partial charge in [-0.25, -0.2) is 0 Å². The summed E-state index contributed by atoms with van der Waals surface area (Å²) in [5, 5.41) is 3.66. The van der Waals surface area contributed by atoms with Gasteiger partial charge in [-0.3, -0.25) is 0 Å². The zero-order valence-electron chi connectivity index (χ0n) is 13.8. The summed E-state index contributed by atoms with van der Waals surface area (Å²) >= 11 is 0. The van der Waals surface area contributed by atoms with Gasteiger partial charge < -0.3 is 10.2 Å². The van der Waals surface area contributed by atoms with Gasteiger partial charge in [-0.2, -0.15) is 0 Å². The standard InChI is InChI=1S/C17H36N2/c1-5-12-18-16(6-2)9-8-13-19-14-10-17(4,7-3)11-15-19/h16,18H,5-15H2,1-4H3. The van der Waals surface area contributed by atoms with E-state index in [-0.39, 0.29) is 0 Å². The van der Waals surface area contributed by atoms with Gasteiger partial charge in [0, 0.05) is 6.04 Å². The van der Waals surface area contributed by atoms with Crippen molar-refractivity contribution in [2.75, 3.05) is 26.2 Å². The van der Waals surface area contributed by atoms with Crippen LogP contribution in [0.5, 0.6) is 0 Å². The minimum Gasteiger partial charge on any atom is -0.314 e. The van der Waals surface area contributed by atoms with Crippen LogP contribution in [0.15, 0.2) is 0 Å². The molecule has 1 fully saturated rings. The lowest BCUT2D eigenvalue weighted by Crippen LogP contribution is -2.39. The predicted molar refractivity (Wildman–Crippen MR) is 85.7 cm³/mol. The molecule has 0 radical (unpaired) electrons. The quantitative estimate of drug-likeness (QED) is 0.678. The molecule has 19 heavy (non-hydrogen) atoms. The van der Waals surface area contributed by atoms with E-state index >= 15 is 0 Å². The van der Waals surface area contributed by atoms with Crippen molar-refractivity contribution in [3.63, 3.8) is 0 Å². The second-order valence-electron chi connectivity index (χ2n) is 6.71. The zero-order chi connectivity index (χ0) is 14.1. The molecule has 1 saturated heterocycles. The van der Waals surface area contributed by atoms with Crippen molar-refractivity contribution in [2.45, 2.75) is 78.7 Å². The van der Waals surface area contributed by atoms with E-state index in [2.05, 4.69) is 37.9 Å². The van der Waals surface area contributed by atoms with Gasteiger partial charge in [-0.15, -0.1) is 0 Å². The summed E-state index contributed by atoms with van der Waals surface area (Å²) in [5.74, 6) is 0. The monoisotopic (exact) mass is 268 g/mol. The summed E-state index contributed by atoms with van der Waals surface area (Å²) in [4.78, 5) is 2.68. The molecule has 1 aliphatic heterocycles. The van der Waals surface area contributed by atoms with Crippen LogP contribution in [0, 0.1) is 5.41 Å². The lowest BCUT2D eigenvalue weighted by molar-refractivity contribution is 0.112. The average Bonchev–Trinajstić information content (AvgIpc) is 2.45. The summed E-state index contributed by atoms with van der Waals surface area (Å²) in [5.41, 5.74) is 0.630. The van der Waals surface area contributed by atoms with Gasteiger partial charge in [0.2, 0.25) is 0 Å². The van der Waals surface area contributed by atoms with E-state index in [4.69, 9.17) is 0 Å². The molecule has 0 saturated carbocycles. The van der Waals surface area contributed by atoms with Gasteiger partial charge >= 0.3 is 0 Å². The Morgan fingerprint density at radius 3 is 2.37 bits per heavy atom. The number of hydrogen-bond donors (Lipinski definition) is 1. The fourth-order valence-corrected chi connectivity index (χ4v) is 3.03. The highest BCUT2D eigenvalue weighted by atomic mass is 15.1. The molecule has 0 amide bonds. The number of hydrogen-bond acceptors (Lipinski definition) is 2. The van der Waals surface area contributed by atoms with Crippen molar-refractivity contribution in [1.29, 1.82) is 0 Å². The van der Waals surface area contributed by atoms with Crippen LogP contribution >= 0.6 is 0 Å². The summed E-state index contributed by atoms with van der Waals surface area (Å²) in [6.07, 6.45) is 9.37. The van der Waals surface area contributed by atoms with E-state index in [0.29, 0.717) is 5.41 Å². The first kappa shape index (κ1) is 17.0. The molecule has 1 aliphatic rings. The number of piperidine rings is 1. The number of rotatable bonds is 9. The minimum absolute atomic E-state index is 0.630. The van der Waals surface area contributed by atoms with Gasteiger partial charge in [0.05, 0.1) is 0 Å². The van der Waals surface area contributed by atoms with Crippen LogP contribution in [-0.4, -0.2) is 37.1 Å². The largest absolute Gasteiger partial charge is 0.314 e. The molecule has 0 bridgehead atoms. The van der Waals surface area contributed by atoms with E-state index in [0.717, 1.165) is 6.04 Å². The molecule has 0 aromatic carbocycles. The fraction of sp³-hybridized carbons (Fsp3) is 1.00. The highest BCUT2D eigenvalue weighted by molar-refractivity contribution is 4.81. The molecular formula is C17H36N2. The van der Waals surface area contributed by atoms with Gasteiger partial charge in [-0.05, 0) is 70.1 Å². The van der Waals surface area contributed by atoms with Gasteiger partial charge in [-0.1, -0.05) is 34.1 Å². The first-order valence-electron chi connectivity index (χ1n) is 8.59. The van der Waals surface area contributed by atoms with Crippen molar-refractivity contribution < 1.29 is 0 Å². The Balaban J connectivity index is 2.13. The van der Waals surface area contributed by atoms with Crippen molar-refractivity contribution in [3.8, 4) is 0 Å². The Morgan fingerprint density at radius 2 is 1.84 bits per heavy atom.